The van der Waals surface area contributed by atoms with Crippen molar-refractivity contribution < 1.29 is 9.53 Å². The summed E-state index contributed by atoms with van der Waals surface area (Å²) in [7, 11) is 0. The molecule has 106 valence electrons. The van der Waals surface area contributed by atoms with E-state index in [0.29, 0.717) is 36.7 Å². The van der Waals surface area contributed by atoms with Gasteiger partial charge >= 0.3 is 0 Å². The van der Waals surface area contributed by atoms with Crippen LogP contribution < -0.4 is 5.32 Å². The van der Waals surface area contributed by atoms with Crippen LogP contribution in [0.15, 0.2) is 0 Å². The molecule has 4 nitrogen and oxygen atoms in total. The van der Waals surface area contributed by atoms with E-state index in [-0.39, 0.29) is 0 Å². The van der Waals surface area contributed by atoms with E-state index in [0.717, 1.165) is 18.9 Å². The number of ether oxygens (including phenoxy) is 1. The average Bonchev–Trinajstić information content (AvgIpc) is 2.85. The van der Waals surface area contributed by atoms with Gasteiger partial charge in [-0.25, -0.2) is 0 Å². The van der Waals surface area contributed by atoms with E-state index < -0.39 is 0 Å². The van der Waals surface area contributed by atoms with Gasteiger partial charge in [0, 0.05) is 6.61 Å². The van der Waals surface area contributed by atoms with Crippen LogP contribution in [0.2, 0.25) is 0 Å². The molecule has 2 saturated carbocycles. The molecular formula is C15H24N2O2. The third-order valence-corrected chi connectivity index (χ3v) is 5.44. The van der Waals surface area contributed by atoms with Gasteiger partial charge in [0.25, 0.3) is 0 Å². The van der Waals surface area contributed by atoms with Crippen LogP contribution in [0.25, 0.3) is 0 Å². The maximum atomic E-state index is 12.3. The van der Waals surface area contributed by atoms with E-state index >= 15 is 0 Å². The number of hydrogen-bond donors (Lipinski definition) is 1. The summed E-state index contributed by atoms with van der Waals surface area (Å²) in [5.74, 6) is 1.70. The van der Waals surface area contributed by atoms with Gasteiger partial charge in [-0.3, -0.25) is 10.1 Å². The fraction of sp³-hybridized carbons (Fsp3) is 0.933. The zero-order valence-electron chi connectivity index (χ0n) is 11.5. The van der Waals surface area contributed by atoms with Gasteiger partial charge < -0.3 is 9.64 Å². The van der Waals surface area contributed by atoms with Crippen molar-refractivity contribution in [2.24, 2.45) is 11.8 Å². The van der Waals surface area contributed by atoms with E-state index in [2.05, 4.69) is 10.2 Å². The predicted octanol–water partition coefficient (Wildman–Crippen LogP) is 1.50. The molecule has 0 bridgehead atoms. The highest BCUT2D eigenvalue weighted by Gasteiger charge is 2.49. The standard InChI is InChI=1S/C15H24N2O2/c18-13-9-16-15(11-3-1-2-4-11)17(13)12-7-8-19-14(12)10-5-6-10/h10-12,14-16H,1-9H2. The molecule has 0 aromatic rings. The summed E-state index contributed by atoms with van der Waals surface area (Å²) in [4.78, 5) is 14.5. The lowest BCUT2D eigenvalue weighted by atomic mass is 9.99. The Kier molecular flexibility index (Phi) is 3.03. The number of hydrogen-bond acceptors (Lipinski definition) is 3. The molecule has 1 N–H and O–H groups in total. The first-order chi connectivity index (χ1) is 9.34. The van der Waals surface area contributed by atoms with Crippen LogP contribution in [0.3, 0.4) is 0 Å². The van der Waals surface area contributed by atoms with Crippen molar-refractivity contribution in [3.63, 3.8) is 0 Å². The molecule has 0 aromatic carbocycles. The number of amides is 1. The third kappa shape index (κ3) is 2.09. The number of nitrogens with zero attached hydrogens (tertiary/aromatic N) is 1. The lowest BCUT2D eigenvalue weighted by Crippen LogP contribution is -2.51. The summed E-state index contributed by atoms with van der Waals surface area (Å²) in [5, 5.41) is 3.48. The quantitative estimate of drug-likeness (QED) is 0.840. The molecule has 3 atom stereocenters. The summed E-state index contributed by atoms with van der Waals surface area (Å²) in [5.41, 5.74) is 0. The molecule has 4 aliphatic rings. The van der Waals surface area contributed by atoms with Crippen molar-refractivity contribution in [2.45, 2.75) is 63.3 Å². The van der Waals surface area contributed by atoms with E-state index in [4.69, 9.17) is 4.74 Å². The molecule has 2 aliphatic carbocycles. The van der Waals surface area contributed by atoms with Gasteiger partial charge in [0.2, 0.25) is 5.91 Å². The van der Waals surface area contributed by atoms with Crippen molar-refractivity contribution in [1.82, 2.24) is 10.2 Å². The van der Waals surface area contributed by atoms with E-state index in [1.165, 1.54) is 38.5 Å². The maximum Gasteiger partial charge on any atom is 0.238 e. The third-order valence-electron chi connectivity index (χ3n) is 5.44. The fourth-order valence-electron chi connectivity index (χ4n) is 4.37. The lowest BCUT2D eigenvalue weighted by molar-refractivity contribution is -0.132. The molecule has 0 aromatic heterocycles. The van der Waals surface area contributed by atoms with Crippen LogP contribution in [-0.4, -0.2) is 42.3 Å². The van der Waals surface area contributed by atoms with Crippen LogP contribution in [0.5, 0.6) is 0 Å². The summed E-state index contributed by atoms with van der Waals surface area (Å²) in [6.45, 7) is 1.38. The smallest absolute Gasteiger partial charge is 0.238 e. The Hall–Kier alpha value is -0.610. The average molecular weight is 264 g/mol. The highest BCUT2D eigenvalue weighted by Crippen LogP contribution is 2.42. The molecule has 1 amide bonds. The maximum absolute atomic E-state index is 12.3. The largest absolute Gasteiger partial charge is 0.376 e. The Morgan fingerprint density at radius 3 is 2.58 bits per heavy atom. The van der Waals surface area contributed by atoms with Gasteiger partial charge in [-0.1, -0.05) is 12.8 Å². The van der Waals surface area contributed by atoms with Crippen molar-refractivity contribution in [2.75, 3.05) is 13.2 Å². The molecule has 19 heavy (non-hydrogen) atoms. The molecule has 4 rings (SSSR count). The van der Waals surface area contributed by atoms with Gasteiger partial charge in [-0.15, -0.1) is 0 Å². The van der Waals surface area contributed by atoms with Crippen LogP contribution in [-0.2, 0) is 9.53 Å². The predicted molar refractivity (Wildman–Crippen MR) is 71.5 cm³/mol. The van der Waals surface area contributed by atoms with Crippen LogP contribution in [0.4, 0.5) is 0 Å². The minimum atomic E-state index is 0.294. The molecule has 2 aliphatic heterocycles. The SMILES string of the molecule is O=C1CNC(C2CCCC2)N1C1CCOC1C1CC1. The second kappa shape index (κ2) is 4.74. The highest BCUT2D eigenvalue weighted by atomic mass is 16.5. The van der Waals surface area contributed by atoms with Gasteiger partial charge in [0.05, 0.1) is 24.9 Å². The Morgan fingerprint density at radius 1 is 1.05 bits per heavy atom. The minimum absolute atomic E-state index is 0.294. The van der Waals surface area contributed by atoms with E-state index in [9.17, 15) is 4.79 Å². The second-order valence-electron chi connectivity index (χ2n) is 6.70. The van der Waals surface area contributed by atoms with Gasteiger partial charge in [-0.2, -0.15) is 0 Å². The fourth-order valence-corrected chi connectivity index (χ4v) is 4.37. The number of nitrogens with one attached hydrogen (secondary N) is 1. The molecule has 0 radical (unpaired) electrons. The van der Waals surface area contributed by atoms with Gasteiger partial charge in [0.15, 0.2) is 0 Å². The van der Waals surface area contributed by atoms with Gasteiger partial charge in [-0.05, 0) is 43.9 Å². The summed E-state index contributed by atoms with van der Waals surface area (Å²) in [6, 6.07) is 0.348. The highest BCUT2D eigenvalue weighted by molar-refractivity contribution is 5.81. The van der Waals surface area contributed by atoms with Crippen LogP contribution in [0.1, 0.15) is 44.9 Å². The second-order valence-corrected chi connectivity index (χ2v) is 6.70. The monoisotopic (exact) mass is 264 g/mol. The van der Waals surface area contributed by atoms with E-state index in [1.807, 2.05) is 0 Å². The Morgan fingerprint density at radius 2 is 1.84 bits per heavy atom. The number of carbonyl (C=O) groups excluding carboxylic acids is 1. The molecule has 4 fully saturated rings. The lowest BCUT2D eigenvalue weighted by Gasteiger charge is -2.36. The Balaban J connectivity index is 1.54. The van der Waals surface area contributed by atoms with Crippen LogP contribution in [0, 0.1) is 11.8 Å². The molecular weight excluding hydrogens is 240 g/mol. The number of rotatable bonds is 3. The van der Waals surface area contributed by atoms with Crippen molar-refractivity contribution in [3.05, 3.63) is 0 Å². The topological polar surface area (TPSA) is 41.6 Å². The molecule has 2 heterocycles. The molecule has 0 spiro atoms. The van der Waals surface area contributed by atoms with Gasteiger partial charge in [0.1, 0.15) is 0 Å². The van der Waals surface area contributed by atoms with Crippen molar-refractivity contribution >= 4 is 5.91 Å². The molecule has 3 unspecified atom stereocenters. The van der Waals surface area contributed by atoms with E-state index in [1.54, 1.807) is 0 Å². The minimum Gasteiger partial charge on any atom is -0.376 e. The van der Waals surface area contributed by atoms with Crippen molar-refractivity contribution in [1.29, 1.82) is 0 Å². The first-order valence-electron chi connectivity index (χ1n) is 8.01. The zero-order chi connectivity index (χ0) is 12.8. The zero-order valence-corrected chi connectivity index (χ0v) is 11.5. The summed E-state index contributed by atoms with van der Waals surface area (Å²) >= 11 is 0. The normalized spacial score (nSPS) is 40.5. The first-order valence-corrected chi connectivity index (χ1v) is 8.01. The molecule has 4 heteroatoms. The Labute approximate surface area is 114 Å². The molecule has 2 saturated heterocycles. The summed E-state index contributed by atoms with van der Waals surface area (Å²) in [6.07, 6.45) is 9.48. The summed E-state index contributed by atoms with van der Waals surface area (Å²) < 4.78 is 5.94. The first kappa shape index (κ1) is 12.2. The number of carbonyl (C=O) groups is 1. The van der Waals surface area contributed by atoms with Crippen molar-refractivity contribution in [3.8, 4) is 0 Å². The van der Waals surface area contributed by atoms with Crippen LogP contribution >= 0.6 is 0 Å². The Bertz CT molecular complexity index is 363.